The quantitative estimate of drug-likeness (QED) is 0.438. The monoisotopic (exact) mass is 475 g/mol. The van der Waals surface area contributed by atoms with Crippen molar-refractivity contribution < 1.29 is 17.9 Å². The number of fused-ring (bicyclic) bond motifs is 1. The van der Waals surface area contributed by atoms with Crippen LogP contribution in [0, 0.1) is 0 Å². The van der Waals surface area contributed by atoms with Crippen molar-refractivity contribution in [3.63, 3.8) is 0 Å². The minimum atomic E-state index is -4.47. The molecule has 0 aliphatic carbocycles. The van der Waals surface area contributed by atoms with E-state index in [1.807, 2.05) is 6.92 Å². The standard InChI is InChI=1S/C23H24F3N5O3/c1-4-9-30-19-10-18(28-20(19)21(32)31(22(30)33)14(2)34-3)16-11-27-29(13-16)12-15-7-5-6-8-17(15)23(24,25)26/h5-8,10-11,13-14,28H,4,9,12H2,1-3H3. The lowest BCUT2D eigenvalue weighted by atomic mass is 10.1. The Kier molecular flexibility index (Phi) is 6.22. The molecule has 34 heavy (non-hydrogen) atoms. The van der Waals surface area contributed by atoms with Gasteiger partial charge in [0.15, 0.2) is 0 Å². The van der Waals surface area contributed by atoms with E-state index in [2.05, 4.69) is 10.1 Å². The molecular weight excluding hydrogens is 451 g/mol. The molecule has 180 valence electrons. The minimum absolute atomic E-state index is 0.0748. The summed E-state index contributed by atoms with van der Waals surface area (Å²) in [6, 6.07) is 7.02. The summed E-state index contributed by atoms with van der Waals surface area (Å²) in [4.78, 5) is 29.1. The molecule has 0 aliphatic heterocycles. The van der Waals surface area contributed by atoms with Gasteiger partial charge in [-0.2, -0.15) is 18.3 Å². The average Bonchev–Trinajstić information content (AvgIpc) is 3.44. The van der Waals surface area contributed by atoms with E-state index in [1.54, 1.807) is 25.3 Å². The van der Waals surface area contributed by atoms with E-state index in [0.717, 1.165) is 10.6 Å². The summed E-state index contributed by atoms with van der Waals surface area (Å²) in [5.74, 6) is 0. The molecule has 0 saturated carbocycles. The van der Waals surface area contributed by atoms with Gasteiger partial charge in [0.1, 0.15) is 11.7 Å². The Bertz CT molecular complexity index is 1440. The van der Waals surface area contributed by atoms with Crippen molar-refractivity contribution in [3.05, 3.63) is 74.7 Å². The number of halogens is 3. The predicted octanol–water partition coefficient (Wildman–Crippen LogP) is 4.00. The SMILES string of the molecule is CCCn1c(=O)n(C(C)OC)c(=O)c2[nH]c(-c3cnn(Cc4ccccc4C(F)(F)F)c3)cc21. The van der Waals surface area contributed by atoms with Crippen LogP contribution in [-0.4, -0.2) is 31.0 Å². The van der Waals surface area contributed by atoms with Crippen LogP contribution < -0.4 is 11.2 Å². The van der Waals surface area contributed by atoms with E-state index < -0.39 is 29.2 Å². The van der Waals surface area contributed by atoms with E-state index in [-0.39, 0.29) is 17.6 Å². The van der Waals surface area contributed by atoms with Gasteiger partial charge >= 0.3 is 11.9 Å². The fourth-order valence-electron chi connectivity index (χ4n) is 3.98. The van der Waals surface area contributed by atoms with E-state index in [1.165, 1.54) is 34.7 Å². The second kappa shape index (κ2) is 8.98. The Balaban J connectivity index is 1.77. The number of aryl methyl sites for hydroxylation is 1. The number of rotatable bonds is 7. The number of methoxy groups -OCH3 is 1. The molecule has 4 rings (SSSR count). The van der Waals surface area contributed by atoms with Gasteiger partial charge in [0.2, 0.25) is 0 Å². The maximum Gasteiger partial charge on any atom is 0.416 e. The van der Waals surface area contributed by atoms with Gasteiger partial charge in [-0.05, 0) is 31.0 Å². The van der Waals surface area contributed by atoms with Crippen molar-refractivity contribution in [3.8, 4) is 11.3 Å². The van der Waals surface area contributed by atoms with E-state index >= 15 is 0 Å². The molecule has 3 heterocycles. The molecule has 8 nitrogen and oxygen atoms in total. The molecular formula is C23H24F3N5O3. The number of H-pyrrole nitrogens is 1. The van der Waals surface area contributed by atoms with Gasteiger partial charge in [-0.15, -0.1) is 0 Å². The van der Waals surface area contributed by atoms with E-state index in [0.29, 0.717) is 29.7 Å². The normalized spacial score (nSPS) is 13.0. The molecule has 0 bridgehead atoms. The highest BCUT2D eigenvalue weighted by Crippen LogP contribution is 2.32. The average molecular weight is 475 g/mol. The highest BCUT2D eigenvalue weighted by atomic mass is 19.4. The number of aromatic nitrogens is 5. The first-order chi connectivity index (χ1) is 16.2. The molecule has 1 unspecified atom stereocenters. The van der Waals surface area contributed by atoms with Crippen LogP contribution in [0.3, 0.4) is 0 Å². The predicted molar refractivity (Wildman–Crippen MR) is 121 cm³/mol. The van der Waals surface area contributed by atoms with Crippen LogP contribution in [0.1, 0.15) is 37.6 Å². The summed E-state index contributed by atoms with van der Waals surface area (Å²) in [7, 11) is 1.41. The second-order valence-corrected chi connectivity index (χ2v) is 7.97. The third kappa shape index (κ3) is 4.18. The highest BCUT2D eigenvalue weighted by Gasteiger charge is 2.33. The highest BCUT2D eigenvalue weighted by molar-refractivity contribution is 5.82. The Labute approximate surface area is 192 Å². The van der Waals surface area contributed by atoms with Crippen LogP contribution in [0.25, 0.3) is 22.3 Å². The summed E-state index contributed by atoms with van der Waals surface area (Å²) in [5.41, 5.74) is 0.168. The van der Waals surface area contributed by atoms with Crippen molar-refractivity contribution in [2.75, 3.05) is 7.11 Å². The molecule has 0 aliphatic rings. The fourth-order valence-corrected chi connectivity index (χ4v) is 3.98. The molecule has 0 saturated heterocycles. The van der Waals surface area contributed by atoms with Crippen LogP contribution in [-0.2, 0) is 24.0 Å². The van der Waals surface area contributed by atoms with Gasteiger partial charge in [-0.25, -0.2) is 9.36 Å². The summed E-state index contributed by atoms with van der Waals surface area (Å²) >= 11 is 0. The molecule has 1 atom stereocenters. The van der Waals surface area contributed by atoms with Gasteiger partial charge in [-0.1, -0.05) is 25.1 Å². The maximum absolute atomic E-state index is 13.3. The van der Waals surface area contributed by atoms with Crippen LogP contribution in [0.2, 0.25) is 0 Å². The lowest BCUT2D eigenvalue weighted by Gasteiger charge is -2.15. The van der Waals surface area contributed by atoms with E-state index in [9.17, 15) is 22.8 Å². The number of hydrogen-bond acceptors (Lipinski definition) is 4. The second-order valence-electron chi connectivity index (χ2n) is 7.97. The van der Waals surface area contributed by atoms with Crippen molar-refractivity contribution in [1.82, 2.24) is 23.9 Å². The Morgan fingerprint density at radius 2 is 1.94 bits per heavy atom. The van der Waals surface area contributed by atoms with Gasteiger partial charge in [0.05, 0.1) is 29.5 Å². The Morgan fingerprint density at radius 1 is 1.21 bits per heavy atom. The molecule has 3 aromatic heterocycles. The number of nitrogens with one attached hydrogen (secondary N) is 1. The zero-order chi connectivity index (χ0) is 24.6. The largest absolute Gasteiger partial charge is 0.416 e. The molecule has 11 heteroatoms. The summed E-state index contributed by atoms with van der Waals surface area (Å²) in [5, 5.41) is 4.20. The molecule has 1 aromatic carbocycles. The van der Waals surface area contributed by atoms with Crippen LogP contribution in [0.4, 0.5) is 13.2 Å². The first-order valence-corrected chi connectivity index (χ1v) is 10.7. The zero-order valence-corrected chi connectivity index (χ0v) is 18.9. The third-order valence-electron chi connectivity index (χ3n) is 5.71. The van der Waals surface area contributed by atoms with Crippen LogP contribution in [0.15, 0.2) is 52.3 Å². The van der Waals surface area contributed by atoms with Gasteiger partial charge in [0.25, 0.3) is 5.56 Å². The Hall–Kier alpha value is -3.60. The lowest BCUT2D eigenvalue weighted by Crippen LogP contribution is -2.42. The molecule has 0 radical (unpaired) electrons. The lowest BCUT2D eigenvalue weighted by molar-refractivity contribution is -0.138. The van der Waals surface area contributed by atoms with Gasteiger partial charge in [0, 0.05) is 25.4 Å². The number of benzene rings is 1. The van der Waals surface area contributed by atoms with Crippen molar-refractivity contribution in [2.24, 2.45) is 0 Å². The van der Waals surface area contributed by atoms with Gasteiger partial charge in [-0.3, -0.25) is 14.0 Å². The van der Waals surface area contributed by atoms with Crippen molar-refractivity contribution >= 4 is 11.0 Å². The smallest absolute Gasteiger partial charge is 0.361 e. The number of alkyl halides is 3. The molecule has 0 amide bonds. The molecule has 0 fully saturated rings. The first-order valence-electron chi connectivity index (χ1n) is 10.7. The summed E-state index contributed by atoms with van der Waals surface area (Å²) in [6.45, 7) is 3.85. The zero-order valence-electron chi connectivity index (χ0n) is 18.9. The van der Waals surface area contributed by atoms with Crippen LogP contribution in [0.5, 0.6) is 0 Å². The number of ether oxygens (including phenoxy) is 1. The van der Waals surface area contributed by atoms with Crippen molar-refractivity contribution in [2.45, 2.75) is 45.8 Å². The van der Waals surface area contributed by atoms with Crippen LogP contribution >= 0.6 is 0 Å². The molecule has 1 N–H and O–H groups in total. The summed E-state index contributed by atoms with van der Waals surface area (Å²) in [6.07, 6.45) is -1.45. The maximum atomic E-state index is 13.3. The number of hydrogen-bond donors (Lipinski definition) is 1. The first kappa shape index (κ1) is 23.6. The minimum Gasteiger partial charge on any atom is -0.361 e. The topological polar surface area (TPSA) is 86.8 Å². The number of nitrogens with zero attached hydrogens (tertiary/aromatic N) is 4. The third-order valence-corrected chi connectivity index (χ3v) is 5.71. The number of aromatic amines is 1. The fraction of sp³-hybridized carbons (Fsp3) is 0.348. The van der Waals surface area contributed by atoms with Gasteiger partial charge < -0.3 is 9.72 Å². The summed E-state index contributed by atoms with van der Waals surface area (Å²) < 4.78 is 49.1. The Morgan fingerprint density at radius 3 is 2.62 bits per heavy atom. The molecule has 4 aromatic rings. The molecule has 0 spiro atoms. The van der Waals surface area contributed by atoms with Crippen molar-refractivity contribution in [1.29, 1.82) is 0 Å². The van der Waals surface area contributed by atoms with E-state index in [4.69, 9.17) is 4.74 Å².